The second-order valence-electron chi connectivity index (χ2n) is 5.02. The summed E-state index contributed by atoms with van der Waals surface area (Å²) in [5, 5.41) is 2.67. The van der Waals surface area contributed by atoms with Crippen LogP contribution in [0.15, 0.2) is 18.2 Å². The van der Waals surface area contributed by atoms with Crippen LogP contribution < -0.4 is 5.32 Å². The first kappa shape index (κ1) is 17.2. The molecule has 116 valence electrons. The number of ether oxygens (including phenoxy) is 1. The summed E-state index contributed by atoms with van der Waals surface area (Å²) in [4.78, 5) is 23.2. The van der Waals surface area contributed by atoms with Crippen molar-refractivity contribution in [2.24, 2.45) is 0 Å². The number of esters is 1. The number of carbonyl (C=O) groups is 2. The Hall–Kier alpha value is -1.84. The SMILES string of the molecule is CCOC(=O)[C@@H](Cc1ccc(CC)c(CC)c1)NC(C)=O. The number of nitrogens with one attached hydrogen (secondary N) is 1. The van der Waals surface area contributed by atoms with Crippen LogP contribution in [-0.4, -0.2) is 24.5 Å². The Labute approximate surface area is 126 Å². The van der Waals surface area contributed by atoms with Crippen molar-refractivity contribution in [3.8, 4) is 0 Å². The maximum absolute atomic E-state index is 11.9. The molecule has 1 aromatic carbocycles. The fourth-order valence-corrected chi connectivity index (χ4v) is 2.40. The molecule has 0 bridgehead atoms. The molecule has 4 heteroatoms. The minimum Gasteiger partial charge on any atom is -0.464 e. The van der Waals surface area contributed by atoms with E-state index in [0.29, 0.717) is 13.0 Å². The van der Waals surface area contributed by atoms with Crippen molar-refractivity contribution in [3.05, 3.63) is 34.9 Å². The first-order chi connectivity index (χ1) is 10.0. The molecule has 1 rings (SSSR count). The van der Waals surface area contributed by atoms with Crippen LogP contribution >= 0.6 is 0 Å². The molecule has 0 aliphatic heterocycles. The lowest BCUT2D eigenvalue weighted by molar-refractivity contribution is -0.147. The third kappa shape index (κ3) is 5.21. The highest BCUT2D eigenvalue weighted by molar-refractivity contribution is 5.83. The highest BCUT2D eigenvalue weighted by atomic mass is 16.5. The van der Waals surface area contributed by atoms with Gasteiger partial charge in [0.2, 0.25) is 5.91 Å². The molecule has 0 aliphatic carbocycles. The summed E-state index contributed by atoms with van der Waals surface area (Å²) < 4.78 is 5.02. The summed E-state index contributed by atoms with van der Waals surface area (Å²) in [6.45, 7) is 7.73. The van der Waals surface area contributed by atoms with E-state index < -0.39 is 6.04 Å². The Kier molecular flexibility index (Phi) is 6.92. The highest BCUT2D eigenvalue weighted by Crippen LogP contribution is 2.15. The number of hydrogen-bond donors (Lipinski definition) is 1. The molecule has 0 saturated carbocycles. The zero-order chi connectivity index (χ0) is 15.8. The fourth-order valence-electron chi connectivity index (χ4n) is 2.40. The van der Waals surface area contributed by atoms with Crippen molar-refractivity contribution in [2.75, 3.05) is 6.61 Å². The van der Waals surface area contributed by atoms with E-state index >= 15 is 0 Å². The average molecular weight is 291 g/mol. The fraction of sp³-hybridized carbons (Fsp3) is 0.529. The highest BCUT2D eigenvalue weighted by Gasteiger charge is 2.21. The van der Waals surface area contributed by atoms with Gasteiger partial charge in [-0.1, -0.05) is 32.0 Å². The van der Waals surface area contributed by atoms with Crippen LogP contribution in [0.1, 0.15) is 44.4 Å². The molecule has 21 heavy (non-hydrogen) atoms. The van der Waals surface area contributed by atoms with Crippen LogP contribution in [0, 0.1) is 0 Å². The van der Waals surface area contributed by atoms with Crippen molar-refractivity contribution in [1.29, 1.82) is 0 Å². The lowest BCUT2D eigenvalue weighted by atomic mass is 9.97. The van der Waals surface area contributed by atoms with E-state index in [1.165, 1.54) is 18.1 Å². The van der Waals surface area contributed by atoms with E-state index in [2.05, 4.69) is 31.3 Å². The molecule has 1 atom stereocenters. The number of carbonyl (C=O) groups excluding carboxylic acids is 2. The molecule has 1 amide bonds. The van der Waals surface area contributed by atoms with Gasteiger partial charge >= 0.3 is 5.97 Å². The minimum absolute atomic E-state index is 0.228. The van der Waals surface area contributed by atoms with Gasteiger partial charge in [0.1, 0.15) is 6.04 Å². The molecule has 1 N–H and O–H groups in total. The standard InChI is InChI=1S/C17H25NO3/c1-5-14-9-8-13(10-15(14)6-2)11-16(18-12(4)19)17(20)21-7-3/h8-10,16H,5-7,11H2,1-4H3,(H,18,19)/t16-/m1/s1. The van der Waals surface area contributed by atoms with Crippen molar-refractivity contribution < 1.29 is 14.3 Å². The van der Waals surface area contributed by atoms with Crippen molar-refractivity contribution in [3.63, 3.8) is 0 Å². The Morgan fingerprint density at radius 3 is 2.33 bits per heavy atom. The largest absolute Gasteiger partial charge is 0.464 e. The molecule has 0 aliphatic rings. The molecule has 0 fully saturated rings. The van der Waals surface area contributed by atoms with Gasteiger partial charge < -0.3 is 10.1 Å². The minimum atomic E-state index is -0.625. The summed E-state index contributed by atoms with van der Waals surface area (Å²) in [7, 11) is 0. The van der Waals surface area contributed by atoms with Crippen LogP contribution in [0.25, 0.3) is 0 Å². The lowest BCUT2D eigenvalue weighted by Crippen LogP contribution is -2.42. The second-order valence-corrected chi connectivity index (χ2v) is 5.02. The zero-order valence-electron chi connectivity index (χ0n) is 13.4. The molecule has 1 aromatic rings. The van der Waals surface area contributed by atoms with E-state index in [4.69, 9.17) is 4.74 Å². The second kappa shape index (κ2) is 8.45. The van der Waals surface area contributed by atoms with Crippen LogP contribution in [0.5, 0.6) is 0 Å². The first-order valence-electron chi connectivity index (χ1n) is 7.56. The van der Waals surface area contributed by atoms with Gasteiger partial charge in [0, 0.05) is 13.3 Å². The van der Waals surface area contributed by atoms with E-state index in [1.807, 2.05) is 6.07 Å². The molecule has 0 heterocycles. The molecule has 0 saturated heterocycles. The van der Waals surface area contributed by atoms with E-state index in [1.54, 1.807) is 6.92 Å². The number of amides is 1. The number of rotatable bonds is 7. The number of hydrogen-bond acceptors (Lipinski definition) is 3. The van der Waals surface area contributed by atoms with Gasteiger partial charge in [0.05, 0.1) is 6.61 Å². The Bertz CT molecular complexity index is 497. The lowest BCUT2D eigenvalue weighted by Gasteiger charge is -2.17. The van der Waals surface area contributed by atoms with Crippen LogP contribution in [-0.2, 0) is 33.6 Å². The zero-order valence-corrected chi connectivity index (χ0v) is 13.4. The summed E-state index contributed by atoms with van der Waals surface area (Å²) in [5.74, 6) is -0.612. The van der Waals surface area contributed by atoms with Gasteiger partial charge in [0.15, 0.2) is 0 Å². The predicted molar refractivity (Wildman–Crippen MR) is 83.1 cm³/mol. The summed E-state index contributed by atoms with van der Waals surface area (Å²) in [6.07, 6.45) is 2.41. The maximum Gasteiger partial charge on any atom is 0.328 e. The van der Waals surface area contributed by atoms with Crippen molar-refractivity contribution >= 4 is 11.9 Å². The smallest absolute Gasteiger partial charge is 0.328 e. The summed E-state index contributed by atoms with van der Waals surface area (Å²) in [5.41, 5.74) is 3.66. The topological polar surface area (TPSA) is 55.4 Å². The van der Waals surface area contributed by atoms with Gasteiger partial charge in [-0.25, -0.2) is 4.79 Å². The first-order valence-corrected chi connectivity index (χ1v) is 7.56. The van der Waals surface area contributed by atoms with E-state index in [0.717, 1.165) is 18.4 Å². The number of benzene rings is 1. The third-order valence-electron chi connectivity index (χ3n) is 3.42. The normalized spacial score (nSPS) is 11.8. The summed E-state index contributed by atoms with van der Waals surface area (Å²) >= 11 is 0. The van der Waals surface area contributed by atoms with Gasteiger partial charge in [-0.3, -0.25) is 4.79 Å². The van der Waals surface area contributed by atoms with Gasteiger partial charge in [-0.2, -0.15) is 0 Å². The molecular formula is C17H25NO3. The van der Waals surface area contributed by atoms with Crippen molar-refractivity contribution in [2.45, 2.75) is 53.0 Å². The van der Waals surface area contributed by atoms with Gasteiger partial charge in [-0.15, -0.1) is 0 Å². The quantitative estimate of drug-likeness (QED) is 0.785. The third-order valence-corrected chi connectivity index (χ3v) is 3.42. The molecular weight excluding hydrogens is 266 g/mol. The van der Waals surface area contributed by atoms with E-state index in [9.17, 15) is 9.59 Å². The maximum atomic E-state index is 11.9. The Morgan fingerprint density at radius 2 is 1.81 bits per heavy atom. The van der Waals surface area contributed by atoms with Crippen LogP contribution in [0.3, 0.4) is 0 Å². The molecule has 4 nitrogen and oxygen atoms in total. The molecule has 0 spiro atoms. The Balaban J connectivity index is 2.92. The predicted octanol–water partition coefficient (Wildman–Crippen LogP) is 2.42. The van der Waals surface area contributed by atoms with Crippen LogP contribution in [0.2, 0.25) is 0 Å². The molecule has 0 unspecified atom stereocenters. The number of aryl methyl sites for hydroxylation is 2. The Morgan fingerprint density at radius 1 is 1.14 bits per heavy atom. The van der Waals surface area contributed by atoms with Crippen LogP contribution in [0.4, 0.5) is 0 Å². The molecule has 0 radical (unpaired) electrons. The monoisotopic (exact) mass is 291 g/mol. The van der Waals surface area contributed by atoms with E-state index in [-0.39, 0.29) is 11.9 Å². The average Bonchev–Trinajstić information content (AvgIpc) is 2.46. The summed E-state index contributed by atoms with van der Waals surface area (Å²) in [6, 6.07) is 5.61. The molecule has 0 aromatic heterocycles. The van der Waals surface area contributed by atoms with Gasteiger partial charge in [-0.05, 0) is 36.5 Å². The van der Waals surface area contributed by atoms with Gasteiger partial charge in [0.25, 0.3) is 0 Å². The van der Waals surface area contributed by atoms with Crippen molar-refractivity contribution in [1.82, 2.24) is 5.32 Å².